The zero-order valence-corrected chi connectivity index (χ0v) is 19.2. The van der Waals surface area contributed by atoms with E-state index in [4.69, 9.17) is 9.47 Å². The van der Waals surface area contributed by atoms with Crippen LogP contribution in [-0.2, 0) is 11.0 Å². The van der Waals surface area contributed by atoms with Crippen LogP contribution in [0.2, 0.25) is 0 Å². The highest BCUT2D eigenvalue weighted by Gasteiger charge is 2.30. The number of rotatable bonds is 7. The maximum absolute atomic E-state index is 12.9. The van der Waals surface area contributed by atoms with E-state index in [2.05, 4.69) is 27.9 Å². The van der Waals surface area contributed by atoms with Crippen LogP contribution in [0.15, 0.2) is 42.0 Å². The van der Waals surface area contributed by atoms with Crippen molar-refractivity contribution in [2.75, 3.05) is 12.4 Å². The summed E-state index contributed by atoms with van der Waals surface area (Å²) in [6.45, 7) is 3.92. The standard InChI is InChI=1S/C22H20F3IN2O3/c1-4-13(2)31-20-18(26)9-14(10-19(20)30-3)8-15(12-27)21(29)28-17-7-5-6-16(11-17)22(23,24)25/h5-11,13H,4H2,1-3H3,(H,28,29)/b15-8-/t13-/m0/s1. The second-order valence-electron chi connectivity index (χ2n) is 6.57. The van der Waals surface area contributed by atoms with Crippen LogP contribution in [0.25, 0.3) is 6.08 Å². The molecular formula is C22H20F3IN2O3. The number of hydrogen-bond donors (Lipinski definition) is 1. The van der Waals surface area contributed by atoms with Crippen LogP contribution in [0.1, 0.15) is 31.4 Å². The van der Waals surface area contributed by atoms with Crippen molar-refractivity contribution >= 4 is 40.3 Å². The first-order valence-corrected chi connectivity index (χ1v) is 10.3. The molecule has 0 saturated carbocycles. The van der Waals surface area contributed by atoms with Gasteiger partial charge in [-0.1, -0.05) is 13.0 Å². The van der Waals surface area contributed by atoms with E-state index in [9.17, 15) is 23.2 Å². The lowest BCUT2D eigenvalue weighted by Gasteiger charge is -2.17. The summed E-state index contributed by atoms with van der Waals surface area (Å²) in [5.41, 5.74) is -0.728. The van der Waals surface area contributed by atoms with Crippen molar-refractivity contribution in [2.24, 2.45) is 0 Å². The minimum absolute atomic E-state index is 0.0308. The molecule has 1 amide bonds. The van der Waals surface area contributed by atoms with Crippen LogP contribution < -0.4 is 14.8 Å². The summed E-state index contributed by atoms with van der Waals surface area (Å²) in [5.74, 6) is 0.172. The summed E-state index contributed by atoms with van der Waals surface area (Å²) < 4.78 is 50.6. The molecule has 0 heterocycles. The van der Waals surface area contributed by atoms with E-state index >= 15 is 0 Å². The highest BCUT2D eigenvalue weighted by Crippen LogP contribution is 2.36. The van der Waals surface area contributed by atoms with E-state index in [-0.39, 0.29) is 17.4 Å². The fourth-order valence-electron chi connectivity index (χ4n) is 2.51. The molecule has 0 aliphatic heterocycles. The average molecular weight is 544 g/mol. The van der Waals surface area contributed by atoms with Gasteiger partial charge in [-0.25, -0.2) is 0 Å². The Morgan fingerprint density at radius 3 is 2.61 bits per heavy atom. The number of benzene rings is 2. The molecule has 0 aliphatic carbocycles. The van der Waals surface area contributed by atoms with Crippen molar-refractivity contribution in [2.45, 2.75) is 32.5 Å². The highest BCUT2D eigenvalue weighted by atomic mass is 127. The largest absolute Gasteiger partial charge is 0.493 e. The zero-order valence-electron chi connectivity index (χ0n) is 17.0. The van der Waals surface area contributed by atoms with Crippen LogP contribution in [-0.4, -0.2) is 19.1 Å². The Balaban J connectivity index is 2.32. The monoisotopic (exact) mass is 544 g/mol. The molecule has 2 aromatic rings. The van der Waals surface area contributed by atoms with Gasteiger partial charge in [-0.05, 0) is 77.9 Å². The molecular weight excluding hydrogens is 524 g/mol. The topological polar surface area (TPSA) is 71.3 Å². The number of hydrogen-bond acceptors (Lipinski definition) is 4. The Kier molecular flexibility index (Phi) is 8.33. The molecule has 0 aliphatic rings. The Bertz CT molecular complexity index is 1030. The quantitative estimate of drug-likeness (QED) is 0.262. The Morgan fingerprint density at radius 1 is 1.32 bits per heavy atom. The third kappa shape index (κ3) is 6.62. The van der Waals surface area contributed by atoms with Gasteiger partial charge in [-0.15, -0.1) is 0 Å². The number of halogens is 4. The number of methoxy groups -OCH3 is 1. The smallest absolute Gasteiger partial charge is 0.416 e. The van der Waals surface area contributed by atoms with Gasteiger partial charge in [0.05, 0.1) is 22.3 Å². The van der Waals surface area contributed by atoms with Gasteiger partial charge < -0.3 is 14.8 Å². The first kappa shape index (κ1) is 24.5. The minimum atomic E-state index is -4.54. The van der Waals surface area contributed by atoms with Crippen molar-refractivity contribution in [3.63, 3.8) is 0 Å². The molecule has 9 heteroatoms. The first-order valence-electron chi connectivity index (χ1n) is 9.23. The third-order valence-corrected chi connectivity index (χ3v) is 5.07. The molecule has 0 spiro atoms. The van der Waals surface area contributed by atoms with Crippen molar-refractivity contribution in [3.8, 4) is 17.6 Å². The van der Waals surface area contributed by atoms with Gasteiger partial charge in [-0.3, -0.25) is 4.79 Å². The highest BCUT2D eigenvalue weighted by molar-refractivity contribution is 14.1. The minimum Gasteiger partial charge on any atom is -0.493 e. The molecule has 0 radical (unpaired) electrons. The predicted molar refractivity (Wildman–Crippen MR) is 120 cm³/mol. The number of carbonyl (C=O) groups excluding carboxylic acids is 1. The van der Waals surface area contributed by atoms with Crippen LogP contribution in [0.5, 0.6) is 11.5 Å². The molecule has 0 unspecified atom stereocenters. The molecule has 0 aromatic heterocycles. The van der Waals surface area contributed by atoms with Gasteiger partial charge in [0.25, 0.3) is 5.91 Å². The van der Waals surface area contributed by atoms with E-state index in [1.54, 1.807) is 18.2 Å². The average Bonchev–Trinajstić information content (AvgIpc) is 2.72. The van der Waals surface area contributed by atoms with E-state index in [1.807, 2.05) is 13.8 Å². The maximum atomic E-state index is 12.9. The number of ether oxygens (including phenoxy) is 2. The number of nitriles is 1. The van der Waals surface area contributed by atoms with Crippen LogP contribution in [0.4, 0.5) is 18.9 Å². The van der Waals surface area contributed by atoms with Crippen molar-refractivity contribution in [1.29, 1.82) is 5.26 Å². The van der Waals surface area contributed by atoms with E-state index in [1.165, 1.54) is 25.3 Å². The molecule has 0 saturated heterocycles. The van der Waals surface area contributed by atoms with E-state index < -0.39 is 17.6 Å². The summed E-state index contributed by atoms with van der Waals surface area (Å²) >= 11 is 2.07. The van der Waals surface area contributed by atoms with Gasteiger partial charge >= 0.3 is 6.18 Å². The SMILES string of the molecule is CC[C@H](C)Oc1c(I)cc(/C=C(/C#N)C(=O)Nc2cccc(C(F)(F)F)c2)cc1OC. The van der Waals surface area contributed by atoms with Gasteiger partial charge in [0.2, 0.25) is 0 Å². The predicted octanol–water partition coefficient (Wildman–Crippen LogP) is 6.04. The lowest BCUT2D eigenvalue weighted by Crippen LogP contribution is -2.14. The third-order valence-electron chi connectivity index (χ3n) is 4.27. The molecule has 0 bridgehead atoms. The van der Waals surface area contributed by atoms with Crippen molar-refractivity contribution in [3.05, 3.63) is 56.7 Å². The van der Waals surface area contributed by atoms with E-state index in [0.29, 0.717) is 17.1 Å². The van der Waals surface area contributed by atoms with Crippen LogP contribution in [0.3, 0.4) is 0 Å². The fraction of sp³-hybridized carbons (Fsp3) is 0.273. The van der Waals surface area contributed by atoms with Crippen LogP contribution in [0, 0.1) is 14.9 Å². The number of amides is 1. The van der Waals surface area contributed by atoms with Gasteiger partial charge in [0, 0.05) is 5.69 Å². The Hall–Kier alpha value is -2.74. The Morgan fingerprint density at radius 2 is 2.03 bits per heavy atom. The Labute approximate surface area is 192 Å². The summed E-state index contributed by atoms with van der Waals surface area (Å²) in [4.78, 5) is 12.5. The lowest BCUT2D eigenvalue weighted by molar-refractivity contribution is -0.137. The molecule has 2 aromatic carbocycles. The molecule has 5 nitrogen and oxygen atoms in total. The second-order valence-corrected chi connectivity index (χ2v) is 7.74. The van der Waals surface area contributed by atoms with Gasteiger partial charge in [0.15, 0.2) is 11.5 Å². The van der Waals surface area contributed by atoms with Gasteiger partial charge in [0.1, 0.15) is 11.6 Å². The molecule has 31 heavy (non-hydrogen) atoms. The first-order chi connectivity index (χ1) is 14.6. The second kappa shape index (κ2) is 10.5. The van der Waals surface area contributed by atoms with Crippen LogP contribution >= 0.6 is 22.6 Å². The number of nitrogens with one attached hydrogen (secondary N) is 1. The van der Waals surface area contributed by atoms with E-state index in [0.717, 1.165) is 22.1 Å². The molecule has 0 fully saturated rings. The molecule has 1 N–H and O–H groups in total. The summed E-state index contributed by atoms with van der Waals surface area (Å²) in [6, 6.07) is 9.31. The van der Waals surface area contributed by atoms with Crippen molar-refractivity contribution in [1.82, 2.24) is 0 Å². The number of nitrogens with zero attached hydrogens (tertiary/aromatic N) is 1. The number of alkyl halides is 3. The molecule has 164 valence electrons. The number of carbonyl (C=O) groups is 1. The fourth-order valence-corrected chi connectivity index (χ4v) is 3.26. The normalized spacial score (nSPS) is 12.6. The molecule has 2 rings (SSSR count). The maximum Gasteiger partial charge on any atom is 0.416 e. The summed E-state index contributed by atoms with van der Waals surface area (Å²) in [7, 11) is 1.48. The summed E-state index contributed by atoms with van der Waals surface area (Å²) in [5, 5.41) is 11.7. The lowest BCUT2D eigenvalue weighted by atomic mass is 10.1. The summed E-state index contributed by atoms with van der Waals surface area (Å²) in [6.07, 6.45) is -2.44. The van der Waals surface area contributed by atoms with Crippen molar-refractivity contribution < 1.29 is 27.4 Å². The zero-order chi connectivity index (χ0) is 23.2. The number of anilines is 1. The molecule has 1 atom stereocenters. The van der Waals surface area contributed by atoms with Gasteiger partial charge in [-0.2, -0.15) is 18.4 Å².